The fourth-order valence-electron chi connectivity index (χ4n) is 1.79. The summed E-state index contributed by atoms with van der Waals surface area (Å²) in [5.41, 5.74) is 1.45. The van der Waals surface area contributed by atoms with Crippen molar-refractivity contribution < 1.29 is 14.0 Å². The minimum Gasteiger partial charge on any atom is -0.326 e. The number of ketones is 1. The molecule has 0 saturated heterocycles. The summed E-state index contributed by atoms with van der Waals surface area (Å²) in [6, 6.07) is 12.7. The monoisotopic (exact) mass is 283 g/mol. The molecule has 0 saturated carbocycles. The van der Waals surface area contributed by atoms with Crippen molar-refractivity contribution in [2.45, 2.75) is 6.92 Å². The minimum absolute atomic E-state index is 0.173. The van der Waals surface area contributed by atoms with Crippen molar-refractivity contribution in [3.63, 3.8) is 0 Å². The summed E-state index contributed by atoms with van der Waals surface area (Å²) in [5.74, 6) is -0.774. The van der Waals surface area contributed by atoms with Crippen molar-refractivity contribution in [1.82, 2.24) is 0 Å². The number of anilines is 1. The van der Waals surface area contributed by atoms with Gasteiger partial charge in [-0.1, -0.05) is 18.2 Å². The zero-order chi connectivity index (χ0) is 15.2. The van der Waals surface area contributed by atoms with E-state index >= 15 is 0 Å². The Morgan fingerprint density at radius 1 is 1.05 bits per heavy atom. The first-order valence-electron chi connectivity index (χ1n) is 6.41. The van der Waals surface area contributed by atoms with Gasteiger partial charge in [0.05, 0.1) is 0 Å². The van der Waals surface area contributed by atoms with Gasteiger partial charge in [-0.05, 0) is 42.5 Å². The molecule has 0 spiro atoms. The molecule has 106 valence electrons. The van der Waals surface area contributed by atoms with Gasteiger partial charge in [0.1, 0.15) is 5.82 Å². The van der Waals surface area contributed by atoms with Crippen molar-refractivity contribution in [2.75, 3.05) is 5.32 Å². The van der Waals surface area contributed by atoms with Crippen molar-refractivity contribution in [2.24, 2.45) is 0 Å². The number of hydrogen-bond donors (Lipinski definition) is 1. The summed E-state index contributed by atoms with van der Waals surface area (Å²) in [5, 5.41) is 2.62. The lowest BCUT2D eigenvalue weighted by molar-refractivity contribution is -0.114. The Morgan fingerprint density at radius 2 is 1.71 bits per heavy atom. The molecule has 2 aromatic carbocycles. The quantitative estimate of drug-likeness (QED) is 0.687. The maximum atomic E-state index is 13.4. The molecule has 21 heavy (non-hydrogen) atoms. The zero-order valence-electron chi connectivity index (χ0n) is 11.5. The highest BCUT2D eigenvalue weighted by Crippen LogP contribution is 2.12. The molecule has 2 aromatic rings. The summed E-state index contributed by atoms with van der Waals surface area (Å²) < 4.78 is 13.4. The maximum absolute atomic E-state index is 13.4. The van der Waals surface area contributed by atoms with Gasteiger partial charge in [-0.15, -0.1) is 0 Å². The van der Waals surface area contributed by atoms with Gasteiger partial charge in [-0.3, -0.25) is 9.59 Å². The number of hydrogen-bond acceptors (Lipinski definition) is 2. The highest BCUT2D eigenvalue weighted by Gasteiger charge is 2.03. The molecule has 4 heteroatoms. The van der Waals surface area contributed by atoms with Gasteiger partial charge in [0.2, 0.25) is 5.91 Å². The van der Waals surface area contributed by atoms with Crippen LogP contribution in [0.2, 0.25) is 0 Å². The SMILES string of the molecule is CC(=O)Nc1ccc(C(=O)C=Cc2ccccc2F)cc1. The van der Waals surface area contributed by atoms with Crippen LogP contribution in [0, 0.1) is 5.82 Å². The van der Waals surface area contributed by atoms with Gasteiger partial charge in [-0.2, -0.15) is 0 Å². The standard InChI is InChI=1S/C17H14FNO2/c1-12(20)19-15-9-6-14(7-10-15)17(21)11-8-13-4-2-3-5-16(13)18/h2-11H,1H3,(H,19,20). The van der Waals surface area contributed by atoms with E-state index < -0.39 is 0 Å². The summed E-state index contributed by atoms with van der Waals surface area (Å²) in [4.78, 5) is 22.9. The number of carbonyl (C=O) groups excluding carboxylic acids is 2. The molecule has 0 fully saturated rings. The second-order valence-electron chi connectivity index (χ2n) is 4.48. The molecule has 0 aliphatic heterocycles. The lowest BCUT2D eigenvalue weighted by Gasteiger charge is -2.02. The number of allylic oxidation sites excluding steroid dienone is 1. The lowest BCUT2D eigenvalue weighted by Crippen LogP contribution is -2.05. The first kappa shape index (κ1) is 14.7. The van der Waals surface area contributed by atoms with Crippen LogP contribution in [0.25, 0.3) is 6.08 Å². The average Bonchev–Trinajstić information content (AvgIpc) is 2.46. The Hall–Kier alpha value is -2.75. The Labute approximate surface area is 122 Å². The van der Waals surface area contributed by atoms with Crippen molar-refractivity contribution in [3.8, 4) is 0 Å². The smallest absolute Gasteiger partial charge is 0.221 e. The van der Waals surface area contributed by atoms with Gasteiger partial charge in [0, 0.05) is 23.7 Å². The van der Waals surface area contributed by atoms with Gasteiger partial charge in [0.15, 0.2) is 5.78 Å². The Bertz CT molecular complexity index is 690. The molecule has 0 atom stereocenters. The number of benzene rings is 2. The van der Waals surface area contributed by atoms with E-state index in [0.29, 0.717) is 16.8 Å². The van der Waals surface area contributed by atoms with Crippen molar-refractivity contribution in [1.29, 1.82) is 0 Å². The molecular formula is C17H14FNO2. The van der Waals surface area contributed by atoms with E-state index in [0.717, 1.165) is 0 Å². The van der Waals surface area contributed by atoms with E-state index in [9.17, 15) is 14.0 Å². The largest absolute Gasteiger partial charge is 0.326 e. The molecule has 1 N–H and O–H groups in total. The molecule has 3 nitrogen and oxygen atoms in total. The second-order valence-corrected chi connectivity index (χ2v) is 4.48. The zero-order valence-corrected chi connectivity index (χ0v) is 11.5. The fourth-order valence-corrected chi connectivity index (χ4v) is 1.79. The Morgan fingerprint density at radius 3 is 2.33 bits per heavy atom. The predicted molar refractivity (Wildman–Crippen MR) is 80.5 cm³/mol. The molecule has 0 aliphatic rings. The summed E-state index contributed by atoms with van der Waals surface area (Å²) in [7, 11) is 0. The summed E-state index contributed by atoms with van der Waals surface area (Å²) in [6.45, 7) is 1.41. The molecule has 2 rings (SSSR count). The van der Waals surface area contributed by atoms with E-state index in [1.54, 1.807) is 42.5 Å². The summed E-state index contributed by atoms with van der Waals surface area (Å²) in [6.07, 6.45) is 2.77. The van der Waals surface area contributed by atoms with E-state index in [1.165, 1.54) is 25.1 Å². The summed E-state index contributed by atoms with van der Waals surface area (Å²) >= 11 is 0. The van der Waals surface area contributed by atoms with Crippen LogP contribution in [-0.4, -0.2) is 11.7 Å². The van der Waals surface area contributed by atoms with Crippen LogP contribution in [0.5, 0.6) is 0 Å². The number of rotatable bonds is 4. The third-order valence-corrected chi connectivity index (χ3v) is 2.81. The second kappa shape index (κ2) is 6.61. The number of nitrogens with one attached hydrogen (secondary N) is 1. The normalized spacial score (nSPS) is 10.6. The van der Waals surface area contributed by atoms with E-state index in [4.69, 9.17) is 0 Å². The first-order valence-corrected chi connectivity index (χ1v) is 6.41. The Kier molecular flexibility index (Phi) is 4.61. The van der Waals surface area contributed by atoms with Crippen LogP contribution < -0.4 is 5.32 Å². The van der Waals surface area contributed by atoms with E-state index in [-0.39, 0.29) is 17.5 Å². The topological polar surface area (TPSA) is 46.2 Å². The maximum Gasteiger partial charge on any atom is 0.221 e. The first-order chi connectivity index (χ1) is 10.1. The van der Waals surface area contributed by atoms with E-state index in [1.807, 2.05) is 0 Å². The predicted octanol–water partition coefficient (Wildman–Crippen LogP) is 3.68. The van der Waals surface area contributed by atoms with Crippen LogP contribution in [-0.2, 0) is 4.79 Å². The number of carbonyl (C=O) groups is 2. The van der Waals surface area contributed by atoms with Gasteiger partial charge in [-0.25, -0.2) is 4.39 Å². The molecular weight excluding hydrogens is 269 g/mol. The molecule has 1 amide bonds. The minimum atomic E-state index is -0.373. The molecule has 0 radical (unpaired) electrons. The highest BCUT2D eigenvalue weighted by molar-refractivity contribution is 6.07. The van der Waals surface area contributed by atoms with Crippen molar-refractivity contribution in [3.05, 3.63) is 71.6 Å². The lowest BCUT2D eigenvalue weighted by atomic mass is 10.1. The van der Waals surface area contributed by atoms with Crippen LogP contribution in [0.1, 0.15) is 22.8 Å². The molecule has 0 aromatic heterocycles. The third-order valence-electron chi connectivity index (χ3n) is 2.81. The molecule has 0 unspecified atom stereocenters. The molecule has 0 aliphatic carbocycles. The Balaban J connectivity index is 2.10. The van der Waals surface area contributed by atoms with Crippen LogP contribution in [0.4, 0.5) is 10.1 Å². The van der Waals surface area contributed by atoms with Crippen LogP contribution in [0.3, 0.4) is 0 Å². The van der Waals surface area contributed by atoms with Gasteiger partial charge in [0.25, 0.3) is 0 Å². The molecule has 0 bridgehead atoms. The highest BCUT2D eigenvalue weighted by atomic mass is 19.1. The van der Waals surface area contributed by atoms with Crippen molar-refractivity contribution >= 4 is 23.5 Å². The average molecular weight is 283 g/mol. The number of amides is 1. The van der Waals surface area contributed by atoms with Gasteiger partial charge < -0.3 is 5.32 Å². The van der Waals surface area contributed by atoms with Gasteiger partial charge >= 0.3 is 0 Å². The molecule has 0 heterocycles. The van der Waals surface area contributed by atoms with Crippen LogP contribution in [0.15, 0.2) is 54.6 Å². The number of halogens is 1. The fraction of sp³-hybridized carbons (Fsp3) is 0.0588. The third kappa shape index (κ3) is 4.11. The van der Waals surface area contributed by atoms with Crippen LogP contribution >= 0.6 is 0 Å². The van der Waals surface area contributed by atoms with E-state index in [2.05, 4.69) is 5.32 Å².